The summed E-state index contributed by atoms with van der Waals surface area (Å²) in [6.07, 6.45) is -3.44. The molecule has 0 aliphatic carbocycles. The zero-order chi connectivity index (χ0) is 22.2. The number of anilines is 2. The van der Waals surface area contributed by atoms with Crippen LogP contribution < -0.4 is 10.2 Å². The lowest BCUT2D eigenvalue weighted by molar-refractivity contribution is -0.140. The third-order valence-electron chi connectivity index (χ3n) is 5.77. The Kier molecular flexibility index (Phi) is 5.56. The first-order chi connectivity index (χ1) is 14.7. The fourth-order valence-electron chi connectivity index (χ4n) is 3.91. The molecule has 1 aliphatic heterocycles. The predicted molar refractivity (Wildman–Crippen MR) is 114 cm³/mol. The second kappa shape index (κ2) is 8.17. The fraction of sp³-hybridized carbons (Fsp3) is 0.348. The maximum Gasteiger partial charge on any atom is 0.437 e. The van der Waals surface area contributed by atoms with Crippen LogP contribution in [0, 0.1) is 19.8 Å². The van der Waals surface area contributed by atoms with Crippen molar-refractivity contribution in [3.8, 4) is 0 Å². The molecule has 0 radical (unpaired) electrons. The molecule has 2 aromatic carbocycles. The number of nitrogens with one attached hydrogen (secondary N) is 1. The van der Waals surface area contributed by atoms with Crippen LogP contribution in [0.3, 0.4) is 0 Å². The van der Waals surface area contributed by atoms with Crippen LogP contribution in [0.15, 0.2) is 42.5 Å². The Hall–Kier alpha value is -3.16. The Labute approximate surface area is 178 Å². The van der Waals surface area contributed by atoms with E-state index in [2.05, 4.69) is 15.3 Å². The van der Waals surface area contributed by atoms with Gasteiger partial charge < -0.3 is 10.2 Å². The van der Waals surface area contributed by atoms with Crippen LogP contribution in [0.1, 0.15) is 29.7 Å². The normalized spacial score (nSPS) is 17.1. The number of para-hydroxylation sites is 2. The molecule has 162 valence electrons. The summed E-state index contributed by atoms with van der Waals surface area (Å²) < 4.78 is 41.2. The molecule has 1 N–H and O–H groups in total. The number of hydrogen-bond acceptors (Lipinski definition) is 4. The van der Waals surface area contributed by atoms with Crippen LogP contribution >= 0.6 is 0 Å². The third kappa shape index (κ3) is 4.33. The van der Waals surface area contributed by atoms with Crippen LogP contribution in [0.25, 0.3) is 11.0 Å². The average molecular weight is 428 g/mol. The molecule has 31 heavy (non-hydrogen) atoms. The van der Waals surface area contributed by atoms with Crippen LogP contribution in [0.4, 0.5) is 24.7 Å². The molecule has 5 nitrogen and oxygen atoms in total. The van der Waals surface area contributed by atoms with Gasteiger partial charge in [-0.3, -0.25) is 4.79 Å². The first kappa shape index (κ1) is 21.1. The number of amides is 1. The highest BCUT2D eigenvalue weighted by Crippen LogP contribution is 2.37. The number of rotatable bonds is 3. The second-order valence-corrected chi connectivity index (χ2v) is 7.90. The number of aromatic nitrogens is 2. The Morgan fingerprint density at radius 3 is 2.48 bits per heavy atom. The minimum Gasteiger partial charge on any atom is -0.354 e. The summed E-state index contributed by atoms with van der Waals surface area (Å²) in [4.78, 5) is 22.6. The summed E-state index contributed by atoms with van der Waals surface area (Å²) >= 11 is 0. The van der Waals surface area contributed by atoms with E-state index in [0.717, 1.165) is 16.8 Å². The van der Waals surface area contributed by atoms with Crippen LogP contribution in [-0.2, 0) is 11.0 Å². The molecule has 2 heterocycles. The van der Waals surface area contributed by atoms with E-state index in [1.807, 2.05) is 32.0 Å². The summed E-state index contributed by atoms with van der Waals surface area (Å²) in [6.45, 7) is 4.44. The van der Waals surface area contributed by atoms with E-state index in [-0.39, 0.29) is 23.8 Å². The number of piperidine rings is 1. The number of halogens is 3. The zero-order valence-corrected chi connectivity index (χ0v) is 17.3. The van der Waals surface area contributed by atoms with E-state index >= 15 is 0 Å². The Balaban J connectivity index is 1.62. The fourth-order valence-corrected chi connectivity index (χ4v) is 3.91. The Morgan fingerprint density at radius 2 is 1.77 bits per heavy atom. The summed E-state index contributed by atoms with van der Waals surface area (Å²) in [5.41, 5.74) is 2.34. The quantitative estimate of drug-likeness (QED) is 0.629. The SMILES string of the molecule is Cc1cccc(NC(=O)[C@@H]2CCCN(c3nc4ccccc4nc3C(F)(F)F)C2)c1C. The molecule has 4 rings (SSSR count). The van der Waals surface area contributed by atoms with Crippen molar-refractivity contribution in [1.29, 1.82) is 0 Å². The number of benzene rings is 2. The number of carbonyl (C=O) groups is 1. The largest absolute Gasteiger partial charge is 0.437 e. The molecule has 8 heteroatoms. The number of carbonyl (C=O) groups excluding carboxylic acids is 1. The minimum absolute atomic E-state index is 0.160. The van der Waals surface area contributed by atoms with Gasteiger partial charge in [0, 0.05) is 18.8 Å². The van der Waals surface area contributed by atoms with E-state index < -0.39 is 17.8 Å². The van der Waals surface area contributed by atoms with E-state index in [9.17, 15) is 18.0 Å². The summed E-state index contributed by atoms with van der Waals surface area (Å²) in [5, 5.41) is 2.94. The highest BCUT2D eigenvalue weighted by Gasteiger charge is 2.40. The van der Waals surface area contributed by atoms with Crippen molar-refractivity contribution in [3.05, 3.63) is 59.3 Å². The standard InChI is InChI=1S/C23H23F3N4O/c1-14-7-5-11-17(15(14)2)29-22(31)16-8-6-12-30(13-16)21-20(23(24,25)26)27-18-9-3-4-10-19(18)28-21/h3-5,7,9-11,16H,6,8,12-13H2,1-2H3,(H,29,31)/t16-/m1/s1. The van der Waals surface area contributed by atoms with Gasteiger partial charge in [0.25, 0.3) is 0 Å². The van der Waals surface area contributed by atoms with Crippen molar-refractivity contribution in [1.82, 2.24) is 9.97 Å². The van der Waals surface area contributed by atoms with Gasteiger partial charge in [-0.1, -0.05) is 24.3 Å². The molecular formula is C23H23F3N4O. The molecule has 3 aromatic rings. The number of alkyl halides is 3. The number of fused-ring (bicyclic) bond motifs is 1. The molecule has 1 amide bonds. The van der Waals surface area contributed by atoms with Gasteiger partial charge in [0.1, 0.15) is 0 Å². The van der Waals surface area contributed by atoms with Gasteiger partial charge in [0.2, 0.25) is 5.91 Å². The molecule has 0 unspecified atom stereocenters. The molecule has 0 spiro atoms. The third-order valence-corrected chi connectivity index (χ3v) is 5.77. The highest BCUT2D eigenvalue weighted by molar-refractivity contribution is 5.94. The van der Waals surface area contributed by atoms with Gasteiger partial charge in [-0.05, 0) is 56.0 Å². The molecule has 1 saturated heterocycles. The van der Waals surface area contributed by atoms with E-state index in [1.54, 1.807) is 23.1 Å². The number of hydrogen-bond donors (Lipinski definition) is 1. The molecule has 0 bridgehead atoms. The smallest absolute Gasteiger partial charge is 0.354 e. The monoisotopic (exact) mass is 428 g/mol. The van der Waals surface area contributed by atoms with Gasteiger partial charge in [-0.15, -0.1) is 0 Å². The Bertz CT molecular complexity index is 1130. The van der Waals surface area contributed by atoms with Crippen molar-refractivity contribution in [2.75, 3.05) is 23.3 Å². The van der Waals surface area contributed by atoms with Crippen LogP contribution in [0.5, 0.6) is 0 Å². The van der Waals surface area contributed by atoms with Gasteiger partial charge in [0.15, 0.2) is 11.5 Å². The maximum atomic E-state index is 13.7. The molecule has 1 aromatic heterocycles. The van der Waals surface area contributed by atoms with Crippen molar-refractivity contribution in [2.24, 2.45) is 5.92 Å². The minimum atomic E-state index is -4.64. The maximum absolute atomic E-state index is 13.7. The second-order valence-electron chi connectivity index (χ2n) is 7.90. The lowest BCUT2D eigenvalue weighted by Gasteiger charge is -2.34. The zero-order valence-electron chi connectivity index (χ0n) is 17.3. The molecule has 1 fully saturated rings. The highest BCUT2D eigenvalue weighted by atomic mass is 19.4. The number of nitrogens with zero attached hydrogens (tertiary/aromatic N) is 3. The van der Waals surface area contributed by atoms with Gasteiger partial charge in [0.05, 0.1) is 17.0 Å². The summed E-state index contributed by atoms with van der Waals surface area (Å²) in [5.74, 6) is -0.848. The van der Waals surface area contributed by atoms with E-state index in [4.69, 9.17) is 0 Å². The first-order valence-corrected chi connectivity index (χ1v) is 10.2. The van der Waals surface area contributed by atoms with Crippen molar-refractivity contribution in [2.45, 2.75) is 32.9 Å². The van der Waals surface area contributed by atoms with Crippen molar-refractivity contribution in [3.63, 3.8) is 0 Å². The van der Waals surface area contributed by atoms with Gasteiger partial charge in [-0.25, -0.2) is 9.97 Å². The van der Waals surface area contributed by atoms with Crippen molar-refractivity contribution < 1.29 is 18.0 Å². The van der Waals surface area contributed by atoms with Gasteiger partial charge >= 0.3 is 6.18 Å². The van der Waals surface area contributed by atoms with E-state index in [0.29, 0.717) is 24.9 Å². The molecule has 1 aliphatic rings. The van der Waals surface area contributed by atoms with Crippen LogP contribution in [0.2, 0.25) is 0 Å². The lowest BCUT2D eigenvalue weighted by atomic mass is 9.96. The van der Waals surface area contributed by atoms with Crippen molar-refractivity contribution >= 4 is 28.4 Å². The molecule has 1 atom stereocenters. The van der Waals surface area contributed by atoms with Gasteiger partial charge in [-0.2, -0.15) is 13.2 Å². The molecular weight excluding hydrogens is 405 g/mol. The summed E-state index contributed by atoms with van der Waals surface area (Å²) in [6, 6.07) is 12.2. The predicted octanol–water partition coefficient (Wildman–Crippen LogP) is 5.12. The van der Waals surface area contributed by atoms with E-state index in [1.165, 1.54) is 6.07 Å². The molecule has 0 saturated carbocycles. The summed E-state index contributed by atoms with van der Waals surface area (Å²) in [7, 11) is 0. The Morgan fingerprint density at radius 1 is 1.06 bits per heavy atom. The number of aryl methyl sites for hydroxylation is 1. The topological polar surface area (TPSA) is 58.1 Å². The average Bonchev–Trinajstić information content (AvgIpc) is 2.75. The van der Waals surface area contributed by atoms with Crippen LogP contribution in [-0.4, -0.2) is 29.0 Å². The first-order valence-electron chi connectivity index (χ1n) is 10.2. The lowest BCUT2D eigenvalue weighted by Crippen LogP contribution is -2.42.